The van der Waals surface area contributed by atoms with Gasteiger partial charge in [0.1, 0.15) is 18.9 Å². The first-order valence-corrected chi connectivity index (χ1v) is 12.4. The Balaban J connectivity index is 0.00000135. The molecule has 2 aromatic carbocycles. The first kappa shape index (κ1) is 32.0. The molecular weight excluding hydrogens is 482 g/mol. The molecule has 3 aromatic rings. The zero-order chi connectivity index (χ0) is 27.0. The number of aryl methyl sites for hydroxylation is 1. The van der Waals surface area contributed by atoms with Crippen LogP contribution in [0.15, 0.2) is 65.6 Å². The summed E-state index contributed by atoms with van der Waals surface area (Å²) in [5, 5.41) is 5.88. The number of ketones is 1. The maximum absolute atomic E-state index is 12.9. The number of hydrogen-bond acceptors (Lipinski definition) is 7. The third kappa shape index (κ3) is 11.0. The average molecular weight is 524 g/mol. The van der Waals surface area contributed by atoms with E-state index in [0.29, 0.717) is 18.0 Å². The standard InChI is InChI=1S/C25H28N4O4.C3H9N.CH4/c1-18-14-28-24(26-13-12-20-8-4-3-5-9-20)25(32)29(18)16-23(31)27-15-21-10-6-7-11-22(21)33-17-19(2)30;1-2-3-4;/h3-11,14H,12-13,15-17H2,1-2H3,(H,26,28)(H,27,31);2-4H2,1H3;1H4. The van der Waals surface area contributed by atoms with Gasteiger partial charge in [0, 0.05) is 30.5 Å². The molecule has 0 bridgehead atoms. The van der Waals surface area contributed by atoms with Crippen molar-refractivity contribution in [2.45, 2.75) is 54.1 Å². The number of carbonyl (C=O) groups is 2. The molecule has 0 aliphatic carbocycles. The number of rotatable bonds is 12. The molecule has 0 saturated carbocycles. The topological polar surface area (TPSA) is 128 Å². The second kappa shape index (κ2) is 17.5. The normalized spacial score (nSPS) is 9.89. The van der Waals surface area contributed by atoms with E-state index >= 15 is 0 Å². The van der Waals surface area contributed by atoms with E-state index in [-0.39, 0.29) is 50.2 Å². The number of hydrogen-bond donors (Lipinski definition) is 3. The van der Waals surface area contributed by atoms with E-state index in [0.717, 1.165) is 30.5 Å². The van der Waals surface area contributed by atoms with Gasteiger partial charge in [0.05, 0.1) is 0 Å². The Morgan fingerprint density at radius 2 is 1.74 bits per heavy atom. The van der Waals surface area contributed by atoms with Crippen LogP contribution in [-0.2, 0) is 29.1 Å². The third-order valence-corrected chi connectivity index (χ3v) is 5.27. The van der Waals surface area contributed by atoms with Gasteiger partial charge in [-0.05, 0) is 44.9 Å². The molecule has 0 radical (unpaired) electrons. The number of aromatic nitrogens is 2. The van der Waals surface area contributed by atoms with Gasteiger partial charge in [-0.15, -0.1) is 0 Å². The number of anilines is 1. The maximum atomic E-state index is 12.9. The fraction of sp³-hybridized carbons (Fsp3) is 0.379. The van der Waals surface area contributed by atoms with Gasteiger partial charge in [-0.2, -0.15) is 0 Å². The Morgan fingerprint density at radius 1 is 1.08 bits per heavy atom. The van der Waals surface area contributed by atoms with Crippen LogP contribution in [-0.4, -0.2) is 40.9 Å². The fourth-order valence-corrected chi connectivity index (χ4v) is 3.22. The molecule has 9 heteroatoms. The smallest absolute Gasteiger partial charge is 0.293 e. The lowest BCUT2D eigenvalue weighted by molar-refractivity contribution is -0.122. The summed E-state index contributed by atoms with van der Waals surface area (Å²) in [5.41, 5.74) is 7.18. The van der Waals surface area contributed by atoms with Crippen LogP contribution in [0.1, 0.15) is 44.5 Å². The molecule has 1 aromatic heterocycles. The first-order valence-electron chi connectivity index (χ1n) is 12.4. The van der Waals surface area contributed by atoms with Crippen LogP contribution in [0.3, 0.4) is 0 Å². The van der Waals surface area contributed by atoms with Crippen molar-refractivity contribution in [2.75, 3.05) is 25.0 Å². The molecule has 38 heavy (non-hydrogen) atoms. The van der Waals surface area contributed by atoms with Gasteiger partial charge < -0.3 is 21.1 Å². The lowest BCUT2D eigenvalue weighted by Gasteiger charge is -2.14. The summed E-state index contributed by atoms with van der Waals surface area (Å²) in [5.74, 6) is 0.347. The molecule has 3 rings (SSSR count). The highest BCUT2D eigenvalue weighted by molar-refractivity contribution is 5.77. The van der Waals surface area contributed by atoms with Gasteiger partial charge in [-0.1, -0.05) is 62.9 Å². The monoisotopic (exact) mass is 523 g/mol. The number of benzene rings is 2. The van der Waals surface area contributed by atoms with Crippen LogP contribution in [0.2, 0.25) is 0 Å². The van der Waals surface area contributed by atoms with Crippen molar-refractivity contribution in [1.29, 1.82) is 0 Å². The van der Waals surface area contributed by atoms with E-state index in [1.807, 2.05) is 42.5 Å². The minimum absolute atomic E-state index is 0. The number of ether oxygens (including phenoxy) is 1. The van der Waals surface area contributed by atoms with Crippen LogP contribution >= 0.6 is 0 Å². The number of carbonyl (C=O) groups excluding carboxylic acids is 2. The lowest BCUT2D eigenvalue weighted by Crippen LogP contribution is -2.34. The zero-order valence-corrected chi connectivity index (χ0v) is 21.8. The van der Waals surface area contributed by atoms with Crippen molar-refractivity contribution in [1.82, 2.24) is 14.9 Å². The first-order chi connectivity index (χ1) is 17.8. The van der Waals surface area contributed by atoms with E-state index in [4.69, 9.17) is 10.5 Å². The Labute approximate surface area is 225 Å². The van der Waals surface area contributed by atoms with Crippen molar-refractivity contribution < 1.29 is 14.3 Å². The highest BCUT2D eigenvalue weighted by Crippen LogP contribution is 2.17. The molecule has 0 unspecified atom stereocenters. The van der Waals surface area contributed by atoms with Gasteiger partial charge in [0.25, 0.3) is 5.56 Å². The molecule has 0 saturated heterocycles. The molecule has 4 N–H and O–H groups in total. The molecule has 9 nitrogen and oxygen atoms in total. The summed E-state index contributed by atoms with van der Waals surface area (Å²) in [6, 6.07) is 17.1. The number of nitrogens with two attached hydrogens (primary N) is 1. The fourth-order valence-electron chi connectivity index (χ4n) is 3.22. The Bertz CT molecular complexity index is 1190. The van der Waals surface area contributed by atoms with Crippen molar-refractivity contribution in [3.8, 4) is 5.75 Å². The Hall–Kier alpha value is -3.98. The average Bonchev–Trinajstić information content (AvgIpc) is 2.91. The number of Topliss-reactive ketones (excluding diaryl/α,β-unsaturated/α-hetero) is 1. The van der Waals surface area contributed by atoms with Gasteiger partial charge >= 0.3 is 0 Å². The van der Waals surface area contributed by atoms with Crippen LogP contribution < -0.4 is 26.7 Å². The van der Waals surface area contributed by atoms with E-state index in [1.165, 1.54) is 11.5 Å². The molecule has 0 atom stereocenters. The van der Waals surface area contributed by atoms with Gasteiger partial charge in [-0.25, -0.2) is 4.98 Å². The van der Waals surface area contributed by atoms with Crippen molar-refractivity contribution in [3.63, 3.8) is 0 Å². The van der Waals surface area contributed by atoms with Crippen molar-refractivity contribution in [3.05, 3.63) is 88.0 Å². The SMILES string of the molecule is C.CC(=O)COc1ccccc1CNC(=O)Cn1c(C)cnc(NCCc2ccccc2)c1=O.CCCN. The highest BCUT2D eigenvalue weighted by atomic mass is 16.5. The molecule has 0 fully saturated rings. The third-order valence-electron chi connectivity index (χ3n) is 5.27. The minimum atomic E-state index is -0.344. The predicted octanol–water partition coefficient (Wildman–Crippen LogP) is 3.48. The maximum Gasteiger partial charge on any atom is 0.293 e. The number of nitrogens with one attached hydrogen (secondary N) is 2. The van der Waals surface area contributed by atoms with Crippen LogP contribution in [0, 0.1) is 6.92 Å². The predicted molar refractivity (Wildman–Crippen MR) is 152 cm³/mol. The lowest BCUT2D eigenvalue weighted by atomic mass is 10.1. The molecule has 1 amide bonds. The summed E-state index contributed by atoms with van der Waals surface area (Å²) in [4.78, 5) is 40.8. The second-order valence-electron chi connectivity index (χ2n) is 8.47. The van der Waals surface area contributed by atoms with Gasteiger partial charge in [0.15, 0.2) is 11.6 Å². The Kier molecular flexibility index (Phi) is 14.7. The van der Waals surface area contributed by atoms with Gasteiger partial charge in [-0.3, -0.25) is 19.0 Å². The Morgan fingerprint density at radius 3 is 2.39 bits per heavy atom. The highest BCUT2D eigenvalue weighted by Gasteiger charge is 2.12. The van der Waals surface area contributed by atoms with E-state index in [1.54, 1.807) is 25.3 Å². The number of para-hydroxylation sites is 1. The summed E-state index contributed by atoms with van der Waals surface area (Å²) in [6.45, 7) is 6.67. The van der Waals surface area contributed by atoms with E-state index in [2.05, 4.69) is 22.5 Å². The summed E-state index contributed by atoms with van der Waals surface area (Å²) < 4.78 is 6.89. The molecule has 0 aliphatic rings. The zero-order valence-electron chi connectivity index (χ0n) is 21.8. The number of nitrogens with zero attached hydrogens (tertiary/aromatic N) is 2. The summed E-state index contributed by atoms with van der Waals surface area (Å²) in [6.07, 6.45) is 3.42. The minimum Gasteiger partial charge on any atom is -0.485 e. The van der Waals surface area contributed by atoms with Crippen molar-refractivity contribution >= 4 is 17.5 Å². The molecule has 0 spiro atoms. The van der Waals surface area contributed by atoms with Gasteiger partial charge in [0.2, 0.25) is 5.91 Å². The second-order valence-corrected chi connectivity index (χ2v) is 8.47. The molecular formula is C29H41N5O4. The summed E-state index contributed by atoms with van der Waals surface area (Å²) in [7, 11) is 0. The molecule has 1 heterocycles. The molecule has 206 valence electrons. The largest absolute Gasteiger partial charge is 0.485 e. The van der Waals surface area contributed by atoms with Crippen molar-refractivity contribution in [2.24, 2.45) is 5.73 Å². The quantitative estimate of drug-likeness (QED) is 0.331. The van der Waals surface area contributed by atoms with Crippen LogP contribution in [0.4, 0.5) is 5.82 Å². The van der Waals surface area contributed by atoms with E-state index < -0.39 is 0 Å². The van der Waals surface area contributed by atoms with E-state index in [9.17, 15) is 14.4 Å². The summed E-state index contributed by atoms with van der Waals surface area (Å²) >= 11 is 0. The van der Waals surface area contributed by atoms with Crippen LogP contribution in [0.5, 0.6) is 5.75 Å². The number of amides is 1. The molecule has 0 aliphatic heterocycles. The van der Waals surface area contributed by atoms with Crippen LogP contribution in [0.25, 0.3) is 0 Å².